The normalized spacial score (nSPS) is 23.1. The number of aliphatic hydroxyl groups is 1. The summed E-state index contributed by atoms with van der Waals surface area (Å²) in [6, 6.07) is -1.11. The van der Waals surface area contributed by atoms with Gasteiger partial charge in [-0.2, -0.15) is 0 Å². The van der Waals surface area contributed by atoms with Crippen LogP contribution in [-0.2, 0) is 9.59 Å². The quantitative estimate of drug-likeness (QED) is 0.550. The highest BCUT2D eigenvalue weighted by Gasteiger charge is 2.23. The van der Waals surface area contributed by atoms with Gasteiger partial charge in [-0.05, 0) is 6.08 Å². The van der Waals surface area contributed by atoms with Crippen LogP contribution in [0.5, 0.6) is 0 Å². The SMILES string of the molecule is NC(CC1=CC=CC(O)C1=O)C(=O)O. The number of carboxylic acids is 1. The van der Waals surface area contributed by atoms with Crippen LogP contribution in [0.4, 0.5) is 0 Å². The molecule has 1 aliphatic carbocycles. The lowest BCUT2D eigenvalue weighted by atomic mass is 9.95. The summed E-state index contributed by atoms with van der Waals surface area (Å²) in [5, 5.41) is 17.7. The van der Waals surface area contributed by atoms with Gasteiger partial charge in [0.2, 0.25) is 0 Å². The lowest BCUT2D eigenvalue weighted by molar-refractivity contribution is -0.138. The molecule has 0 aromatic heterocycles. The van der Waals surface area contributed by atoms with E-state index in [1.54, 1.807) is 0 Å². The smallest absolute Gasteiger partial charge is 0.320 e. The number of hydrogen-bond acceptors (Lipinski definition) is 4. The van der Waals surface area contributed by atoms with Crippen LogP contribution in [0.15, 0.2) is 23.8 Å². The number of Topliss-reactive ketones (excluding diaryl/α,β-unsaturated/α-hetero) is 1. The first-order valence-corrected chi connectivity index (χ1v) is 4.10. The topological polar surface area (TPSA) is 101 Å². The first-order valence-electron chi connectivity index (χ1n) is 4.10. The molecule has 5 nitrogen and oxygen atoms in total. The zero-order chi connectivity index (χ0) is 10.7. The minimum absolute atomic E-state index is 0.0600. The molecule has 1 aliphatic rings. The van der Waals surface area contributed by atoms with E-state index in [9.17, 15) is 9.59 Å². The molecule has 0 saturated heterocycles. The molecule has 0 aromatic rings. The van der Waals surface area contributed by atoms with Crippen LogP contribution in [0, 0.1) is 0 Å². The molecule has 14 heavy (non-hydrogen) atoms. The number of hydrogen-bond donors (Lipinski definition) is 3. The summed E-state index contributed by atoms with van der Waals surface area (Å²) in [5.74, 6) is -1.65. The molecule has 76 valence electrons. The Morgan fingerprint density at radius 3 is 2.86 bits per heavy atom. The third kappa shape index (κ3) is 2.27. The molecule has 2 atom stereocenters. The van der Waals surface area contributed by atoms with Crippen LogP contribution < -0.4 is 5.73 Å². The fourth-order valence-electron chi connectivity index (χ4n) is 1.13. The van der Waals surface area contributed by atoms with Gasteiger partial charge in [0.15, 0.2) is 5.78 Å². The van der Waals surface area contributed by atoms with Gasteiger partial charge in [-0.1, -0.05) is 12.2 Å². The van der Waals surface area contributed by atoms with Gasteiger partial charge in [0.25, 0.3) is 0 Å². The first kappa shape index (κ1) is 10.6. The number of ketones is 1. The van der Waals surface area contributed by atoms with E-state index in [4.69, 9.17) is 15.9 Å². The van der Waals surface area contributed by atoms with Gasteiger partial charge in [-0.15, -0.1) is 0 Å². The van der Waals surface area contributed by atoms with Gasteiger partial charge in [0, 0.05) is 12.0 Å². The van der Waals surface area contributed by atoms with E-state index in [2.05, 4.69) is 0 Å². The average molecular weight is 197 g/mol. The van der Waals surface area contributed by atoms with Crippen molar-refractivity contribution >= 4 is 11.8 Å². The molecule has 0 spiro atoms. The lowest BCUT2D eigenvalue weighted by Crippen LogP contribution is -2.33. The van der Waals surface area contributed by atoms with Crippen LogP contribution in [-0.4, -0.2) is 34.1 Å². The van der Waals surface area contributed by atoms with Crippen molar-refractivity contribution in [2.24, 2.45) is 5.73 Å². The van der Waals surface area contributed by atoms with Gasteiger partial charge in [0.05, 0.1) is 0 Å². The maximum absolute atomic E-state index is 11.3. The number of carboxylic acid groups (broad SMARTS) is 1. The Hall–Kier alpha value is -1.46. The standard InChI is InChI=1S/C9H11NO4/c10-6(9(13)14)4-5-2-1-3-7(11)8(5)12/h1-3,6-7,11H,4,10H2,(H,13,14). The summed E-state index contributed by atoms with van der Waals surface area (Å²) in [4.78, 5) is 21.7. The molecule has 0 amide bonds. The molecule has 0 radical (unpaired) electrons. The van der Waals surface area contributed by atoms with E-state index in [-0.39, 0.29) is 12.0 Å². The Labute approximate surface area is 80.5 Å². The number of allylic oxidation sites excluding steroid dienone is 2. The van der Waals surface area contributed by atoms with E-state index in [1.807, 2.05) is 0 Å². The van der Waals surface area contributed by atoms with Crippen LogP contribution in [0.1, 0.15) is 6.42 Å². The van der Waals surface area contributed by atoms with Crippen molar-refractivity contribution in [1.82, 2.24) is 0 Å². The molecule has 1 rings (SSSR count). The van der Waals surface area contributed by atoms with E-state index in [0.29, 0.717) is 0 Å². The monoisotopic (exact) mass is 197 g/mol. The van der Waals surface area contributed by atoms with Gasteiger partial charge in [-0.3, -0.25) is 9.59 Å². The van der Waals surface area contributed by atoms with Crippen LogP contribution in [0.25, 0.3) is 0 Å². The number of rotatable bonds is 3. The highest BCUT2D eigenvalue weighted by molar-refractivity contribution is 6.01. The van der Waals surface area contributed by atoms with E-state index >= 15 is 0 Å². The van der Waals surface area contributed by atoms with Crippen molar-refractivity contribution in [3.8, 4) is 0 Å². The Bertz CT molecular complexity index is 319. The summed E-state index contributed by atoms with van der Waals surface area (Å²) < 4.78 is 0. The van der Waals surface area contributed by atoms with E-state index in [0.717, 1.165) is 0 Å². The van der Waals surface area contributed by atoms with Crippen molar-refractivity contribution in [3.63, 3.8) is 0 Å². The highest BCUT2D eigenvalue weighted by Crippen LogP contribution is 2.13. The molecular formula is C9H11NO4. The van der Waals surface area contributed by atoms with Gasteiger partial charge < -0.3 is 15.9 Å². The minimum atomic E-state index is -1.17. The molecule has 2 unspecified atom stereocenters. The van der Waals surface area contributed by atoms with Crippen LogP contribution in [0.3, 0.4) is 0 Å². The average Bonchev–Trinajstić information content (AvgIpc) is 2.12. The molecule has 0 aromatic carbocycles. The van der Waals surface area contributed by atoms with Crippen molar-refractivity contribution in [2.45, 2.75) is 18.6 Å². The largest absolute Gasteiger partial charge is 0.480 e. The van der Waals surface area contributed by atoms with Crippen molar-refractivity contribution in [2.75, 3.05) is 0 Å². The summed E-state index contributed by atoms with van der Waals surface area (Å²) in [5.41, 5.74) is 5.50. The van der Waals surface area contributed by atoms with Gasteiger partial charge in [0.1, 0.15) is 12.1 Å². The fourth-order valence-corrected chi connectivity index (χ4v) is 1.13. The molecule has 0 fully saturated rings. The van der Waals surface area contributed by atoms with Crippen LogP contribution >= 0.6 is 0 Å². The molecule has 0 saturated carbocycles. The van der Waals surface area contributed by atoms with Gasteiger partial charge in [-0.25, -0.2) is 0 Å². The number of nitrogens with two attached hydrogens (primary N) is 1. The lowest BCUT2D eigenvalue weighted by Gasteiger charge is -2.14. The first-order chi connectivity index (χ1) is 6.52. The van der Waals surface area contributed by atoms with Crippen molar-refractivity contribution in [1.29, 1.82) is 0 Å². The number of aliphatic hydroxyl groups excluding tert-OH is 1. The zero-order valence-corrected chi connectivity index (χ0v) is 7.38. The minimum Gasteiger partial charge on any atom is -0.480 e. The number of carbonyl (C=O) groups is 2. The van der Waals surface area contributed by atoms with Gasteiger partial charge >= 0.3 is 5.97 Å². The second-order valence-electron chi connectivity index (χ2n) is 3.03. The predicted octanol–water partition coefficient (Wildman–Crippen LogP) is -0.785. The maximum atomic E-state index is 11.3. The Balaban J connectivity index is 2.69. The predicted molar refractivity (Wildman–Crippen MR) is 48.5 cm³/mol. The van der Waals surface area contributed by atoms with Crippen LogP contribution in [0.2, 0.25) is 0 Å². The molecule has 4 N–H and O–H groups in total. The highest BCUT2D eigenvalue weighted by atomic mass is 16.4. The third-order valence-corrected chi connectivity index (χ3v) is 1.93. The summed E-state index contributed by atoms with van der Waals surface area (Å²) in [6.45, 7) is 0. The van der Waals surface area contributed by atoms with E-state index in [1.165, 1.54) is 18.2 Å². The maximum Gasteiger partial charge on any atom is 0.320 e. The number of aliphatic carboxylic acids is 1. The number of carbonyl (C=O) groups excluding carboxylic acids is 1. The summed E-state index contributed by atoms with van der Waals surface area (Å²) >= 11 is 0. The zero-order valence-electron chi connectivity index (χ0n) is 7.38. The van der Waals surface area contributed by atoms with E-state index < -0.39 is 23.9 Å². The summed E-state index contributed by atoms with van der Waals surface area (Å²) in [6.07, 6.45) is 3.08. The van der Waals surface area contributed by atoms with Crippen molar-refractivity contribution < 1.29 is 19.8 Å². The molecular weight excluding hydrogens is 186 g/mol. The molecule has 0 heterocycles. The second-order valence-corrected chi connectivity index (χ2v) is 3.03. The Morgan fingerprint density at radius 1 is 1.64 bits per heavy atom. The molecule has 5 heteroatoms. The molecule has 0 aliphatic heterocycles. The molecule has 0 bridgehead atoms. The summed E-state index contributed by atoms with van der Waals surface area (Å²) in [7, 11) is 0. The van der Waals surface area contributed by atoms with Crippen molar-refractivity contribution in [3.05, 3.63) is 23.8 Å². The second kappa shape index (κ2) is 4.17. The third-order valence-electron chi connectivity index (χ3n) is 1.93. The Kier molecular flexibility index (Phi) is 3.16. The Morgan fingerprint density at radius 2 is 2.29 bits per heavy atom. The fraction of sp³-hybridized carbons (Fsp3) is 0.333.